The Morgan fingerprint density at radius 3 is 2.34 bits per heavy atom. The summed E-state index contributed by atoms with van der Waals surface area (Å²) in [7, 11) is -3.52. The van der Waals surface area contributed by atoms with E-state index in [0.717, 1.165) is 11.8 Å². The first-order valence-electron chi connectivity index (χ1n) is 11.9. The van der Waals surface area contributed by atoms with E-state index in [0.29, 0.717) is 17.2 Å². The van der Waals surface area contributed by atoms with Crippen molar-refractivity contribution in [3.05, 3.63) is 60.0 Å². The van der Waals surface area contributed by atoms with E-state index in [4.69, 9.17) is 9.47 Å². The van der Waals surface area contributed by atoms with Crippen molar-refractivity contribution < 1.29 is 27.5 Å². The summed E-state index contributed by atoms with van der Waals surface area (Å²) in [4.78, 5) is 25.6. The van der Waals surface area contributed by atoms with Crippen LogP contribution < -0.4 is 15.4 Å². The second-order valence-corrected chi connectivity index (χ2v) is 12.1. The summed E-state index contributed by atoms with van der Waals surface area (Å²) in [5.41, 5.74) is -0.405. The Bertz CT molecular complexity index is 1380. The van der Waals surface area contributed by atoms with Crippen LogP contribution in [-0.2, 0) is 30.9 Å². The summed E-state index contributed by atoms with van der Waals surface area (Å²) < 4.78 is 38.6. The highest BCUT2D eigenvalue weighted by Crippen LogP contribution is 2.19. The second-order valence-electron chi connectivity index (χ2n) is 10.4. The van der Waals surface area contributed by atoms with Crippen LogP contribution in [0.3, 0.4) is 0 Å². The summed E-state index contributed by atoms with van der Waals surface area (Å²) in [5.74, 6) is -0.203. The van der Waals surface area contributed by atoms with Crippen molar-refractivity contribution in [3.63, 3.8) is 0 Å². The van der Waals surface area contributed by atoms with Crippen molar-refractivity contribution in [1.29, 1.82) is 0 Å². The number of anilines is 1. The number of carbonyl (C=O) groups is 2. The van der Waals surface area contributed by atoms with Gasteiger partial charge in [0.25, 0.3) is 0 Å². The van der Waals surface area contributed by atoms with Gasteiger partial charge in [-0.25, -0.2) is 13.2 Å². The van der Waals surface area contributed by atoms with Gasteiger partial charge in [-0.2, -0.15) is 0 Å². The van der Waals surface area contributed by atoms with Gasteiger partial charge in [-0.1, -0.05) is 30.3 Å². The Kier molecular flexibility index (Phi) is 8.62. The standard InChI is InChI=1S/C25H34N6O6S/c1-24(2,3)37-23(33)27-25(4,5)22(32)26-19(16-36-15-17-10-8-7-9-11-17)21-29-28-20-13-12-18(14-31(20)21)30-38(6,34)35/h7-14,19,30H,15-16H2,1-6H3,(H,26,32)(H,27,33)/t19-/m1/s1. The number of rotatable bonds is 10. The number of fused-ring (bicyclic) bond motifs is 1. The molecule has 2 amide bonds. The van der Waals surface area contributed by atoms with E-state index in [2.05, 4.69) is 25.6 Å². The van der Waals surface area contributed by atoms with Crippen LogP contribution in [0.2, 0.25) is 0 Å². The number of benzene rings is 1. The van der Waals surface area contributed by atoms with Gasteiger partial charge in [-0.15, -0.1) is 10.2 Å². The van der Waals surface area contributed by atoms with E-state index in [1.54, 1.807) is 51.2 Å². The minimum atomic E-state index is -3.52. The van der Waals surface area contributed by atoms with Gasteiger partial charge >= 0.3 is 6.09 Å². The Morgan fingerprint density at radius 2 is 1.71 bits per heavy atom. The van der Waals surface area contributed by atoms with Gasteiger partial charge in [0.05, 0.1) is 25.2 Å². The Labute approximate surface area is 222 Å². The highest BCUT2D eigenvalue weighted by atomic mass is 32.2. The Hall–Kier alpha value is -3.71. The molecule has 38 heavy (non-hydrogen) atoms. The first kappa shape index (κ1) is 28.9. The predicted octanol–water partition coefficient (Wildman–Crippen LogP) is 2.78. The number of pyridine rings is 1. The molecule has 0 aliphatic heterocycles. The van der Waals surface area contributed by atoms with Crippen LogP contribution in [-0.4, -0.2) is 59.0 Å². The van der Waals surface area contributed by atoms with Gasteiger partial charge in [-0.05, 0) is 52.3 Å². The molecule has 0 bridgehead atoms. The first-order valence-corrected chi connectivity index (χ1v) is 13.8. The summed E-state index contributed by atoms with van der Waals surface area (Å²) in [5, 5.41) is 13.8. The molecule has 3 rings (SSSR count). The first-order chi connectivity index (χ1) is 17.6. The second kappa shape index (κ2) is 11.4. The third kappa shape index (κ3) is 8.42. The zero-order chi connectivity index (χ0) is 28.1. The number of nitrogens with one attached hydrogen (secondary N) is 3. The van der Waals surface area contributed by atoms with E-state index in [9.17, 15) is 18.0 Å². The average molecular weight is 547 g/mol. The number of ether oxygens (including phenoxy) is 2. The maximum absolute atomic E-state index is 13.3. The summed E-state index contributed by atoms with van der Waals surface area (Å²) in [6, 6.07) is 11.9. The van der Waals surface area contributed by atoms with Crippen LogP contribution in [0.4, 0.5) is 10.5 Å². The summed E-state index contributed by atoms with van der Waals surface area (Å²) in [6.07, 6.45) is 1.83. The van der Waals surface area contributed by atoms with Crippen molar-refractivity contribution in [2.75, 3.05) is 17.6 Å². The lowest BCUT2D eigenvalue weighted by Gasteiger charge is -2.29. The number of sulfonamides is 1. The molecule has 0 unspecified atom stereocenters. The number of aromatic nitrogens is 3. The van der Waals surface area contributed by atoms with Gasteiger partial charge in [0.15, 0.2) is 11.5 Å². The molecule has 0 saturated carbocycles. The molecular formula is C25H34N6O6S. The molecule has 0 saturated heterocycles. The molecule has 2 heterocycles. The molecule has 0 aliphatic carbocycles. The number of carbonyl (C=O) groups excluding carboxylic acids is 2. The van der Waals surface area contributed by atoms with Crippen molar-refractivity contribution in [1.82, 2.24) is 25.2 Å². The molecule has 0 fully saturated rings. The van der Waals surface area contributed by atoms with Gasteiger partial charge < -0.3 is 20.1 Å². The minimum absolute atomic E-state index is 0.0215. The smallest absolute Gasteiger partial charge is 0.408 e. The number of alkyl carbamates (subject to hydrolysis) is 1. The van der Waals surface area contributed by atoms with Crippen LogP contribution in [0.1, 0.15) is 52.0 Å². The van der Waals surface area contributed by atoms with E-state index < -0.39 is 39.2 Å². The van der Waals surface area contributed by atoms with E-state index >= 15 is 0 Å². The molecule has 3 N–H and O–H groups in total. The van der Waals surface area contributed by atoms with E-state index in [1.165, 1.54) is 6.20 Å². The van der Waals surface area contributed by atoms with E-state index in [-0.39, 0.29) is 13.2 Å². The minimum Gasteiger partial charge on any atom is -0.444 e. The topological polar surface area (TPSA) is 153 Å². The lowest BCUT2D eigenvalue weighted by Crippen LogP contribution is -2.56. The van der Waals surface area contributed by atoms with Gasteiger partial charge in [-0.3, -0.25) is 13.9 Å². The molecule has 1 atom stereocenters. The molecule has 3 aromatic rings. The molecule has 0 spiro atoms. The quantitative estimate of drug-likeness (QED) is 0.351. The van der Waals surface area contributed by atoms with Crippen LogP contribution in [0.5, 0.6) is 0 Å². The summed E-state index contributed by atoms with van der Waals surface area (Å²) >= 11 is 0. The zero-order valence-electron chi connectivity index (χ0n) is 22.3. The monoisotopic (exact) mass is 546 g/mol. The fourth-order valence-electron chi connectivity index (χ4n) is 3.42. The lowest BCUT2D eigenvalue weighted by atomic mass is 10.0. The largest absolute Gasteiger partial charge is 0.444 e. The van der Waals surface area contributed by atoms with Crippen LogP contribution in [0.15, 0.2) is 48.7 Å². The average Bonchev–Trinajstić information content (AvgIpc) is 3.19. The fraction of sp³-hybridized carbons (Fsp3) is 0.440. The van der Waals surface area contributed by atoms with Crippen molar-refractivity contribution in [3.8, 4) is 0 Å². The van der Waals surface area contributed by atoms with Gasteiger partial charge in [0.1, 0.15) is 17.2 Å². The number of hydrogen-bond acceptors (Lipinski definition) is 8. The SMILES string of the molecule is CC(C)(C)OC(=O)NC(C)(C)C(=O)N[C@H](COCc1ccccc1)c1nnc2ccc(NS(C)(=O)=O)cn12. The number of nitrogens with zero attached hydrogens (tertiary/aromatic N) is 3. The van der Waals surface area contributed by atoms with Gasteiger partial charge in [0, 0.05) is 6.20 Å². The molecular weight excluding hydrogens is 512 g/mol. The molecule has 12 nitrogen and oxygen atoms in total. The third-order valence-electron chi connectivity index (χ3n) is 5.13. The molecule has 0 radical (unpaired) electrons. The highest BCUT2D eigenvalue weighted by molar-refractivity contribution is 7.92. The predicted molar refractivity (Wildman–Crippen MR) is 142 cm³/mol. The maximum Gasteiger partial charge on any atom is 0.408 e. The van der Waals surface area contributed by atoms with Crippen LogP contribution in [0.25, 0.3) is 5.65 Å². The van der Waals surface area contributed by atoms with Gasteiger partial charge in [0.2, 0.25) is 15.9 Å². The summed E-state index contributed by atoms with van der Waals surface area (Å²) in [6.45, 7) is 8.57. The molecule has 206 valence electrons. The lowest BCUT2D eigenvalue weighted by molar-refractivity contribution is -0.127. The third-order valence-corrected chi connectivity index (χ3v) is 5.73. The number of amides is 2. The maximum atomic E-state index is 13.3. The Morgan fingerprint density at radius 1 is 1.03 bits per heavy atom. The van der Waals surface area contributed by atoms with Crippen molar-refractivity contribution >= 4 is 33.4 Å². The normalized spacial score (nSPS) is 13.1. The van der Waals surface area contributed by atoms with E-state index in [1.807, 2.05) is 30.3 Å². The number of hydrogen-bond donors (Lipinski definition) is 3. The highest BCUT2D eigenvalue weighted by Gasteiger charge is 2.34. The molecule has 1 aromatic carbocycles. The van der Waals surface area contributed by atoms with Crippen molar-refractivity contribution in [2.45, 2.75) is 58.4 Å². The molecule has 0 aliphatic rings. The molecule has 2 aromatic heterocycles. The molecule has 13 heteroatoms. The Balaban J connectivity index is 1.86. The van der Waals surface area contributed by atoms with Crippen LogP contribution in [0, 0.1) is 0 Å². The van der Waals surface area contributed by atoms with Crippen LogP contribution >= 0.6 is 0 Å². The zero-order valence-corrected chi connectivity index (χ0v) is 23.1. The van der Waals surface area contributed by atoms with Crippen molar-refractivity contribution in [2.24, 2.45) is 0 Å². The fourth-order valence-corrected chi connectivity index (χ4v) is 3.97.